The molecule has 1 aliphatic heterocycles. The van der Waals surface area contributed by atoms with E-state index in [1.165, 1.54) is 5.57 Å². The van der Waals surface area contributed by atoms with E-state index in [-0.39, 0.29) is 5.91 Å². The van der Waals surface area contributed by atoms with Gasteiger partial charge in [0.25, 0.3) is 0 Å². The van der Waals surface area contributed by atoms with Gasteiger partial charge in [0.1, 0.15) is 0 Å². The molecule has 0 atom stereocenters. The molecule has 15 heavy (non-hydrogen) atoms. The van der Waals surface area contributed by atoms with Crippen LogP contribution in [-0.2, 0) is 4.79 Å². The van der Waals surface area contributed by atoms with Crippen molar-refractivity contribution >= 4 is 5.91 Å². The highest BCUT2D eigenvalue weighted by atomic mass is 16.2. The van der Waals surface area contributed by atoms with E-state index in [0.717, 1.165) is 39.0 Å². The fourth-order valence-corrected chi connectivity index (χ4v) is 2.00. The van der Waals surface area contributed by atoms with Gasteiger partial charge in [0.2, 0.25) is 5.91 Å². The van der Waals surface area contributed by atoms with Crippen LogP contribution >= 0.6 is 0 Å². The summed E-state index contributed by atoms with van der Waals surface area (Å²) in [6.45, 7) is 3.58. The number of nitrogens with zero attached hydrogens (tertiary/aromatic N) is 1. The molecule has 1 saturated heterocycles. The first-order valence-electron chi connectivity index (χ1n) is 5.70. The summed E-state index contributed by atoms with van der Waals surface area (Å²) in [5.41, 5.74) is 1.18. The van der Waals surface area contributed by atoms with Crippen LogP contribution < -0.4 is 5.32 Å². The number of hydrogen-bond donors (Lipinski definition) is 1. The Morgan fingerprint density at radius 1 is 1.33 bits per heavy atom. The Morgan fingerprint density at radius 2 is 2.13 bits per heavy atom. The summed E-state index contributed by atoms with van der Waals surface area (Å²) in [5.74, 6) is 0.273. The number of hydrogen-bond acceptors (Lipinski definition) is 2. The molecule has 0 saturated carbocycles. The van der Waals surface area contributed by atoms with Gasteiger partial charge in [-0.2, -0.15) is 0 Å². The lowest BCUT2D eigenvalue weighted by Gasteiger charge is -2.27. The largest absolute Gasteiger partial charge is 0.340 e. The van der Waals surface area contributed by atoms with Crippen molar-refractivity contribution in [3.63, 3.8) is 0 Å². The van der Waals surface area contributed by atoms with Crippen LogP contribution in [0.1, 0.15) is 19.3 Å². The molecular weight excluding hydrogens is 188 g/mol. The first-order valence-corrected chi connectivity index (χ1v) is 5.70. The van der Waals surface area contributed by atoms with Gasteiger partial charge in [-0.05, 0) is 18.4 Å². The molecule has 3 heteroatoms. The summed E-state index contributed by atoms with van der Waals surface area (Å²) in [7, 11) is 0. The van der Waals surface area contributed by atoms with Gasteiger partial charge in [-0.25, -0.2) is 0 Å². The van der Waals surface area contributed by atoms with Crippen LogP contribution in [0.25, 0.3) is 0 Å². The first-order chi connectivity index (χ1) is 7.36. The third kappa shape index (κ3) is 2.93. The number of allylic oxidation sites excluding steroid dienone is 3. The summed E-state index contributed by atoms with van der Waals surface area (Å²) in [6.07, 6.45) is 9.20. The minimum absolute atomic E-state index is 0.273. The van der Waals surface area contributed by atoms with E-state index < -0.39 is 0 Å². The lowest BCUT2D eigenvalue weighted by Crippen LogP contribution is -2.46. The Labute approximate surface area is 90.8 Å². The number of amides is 1. The summed E-state index contributed by atoms with van der Waals surface area (Å²) < 4.78 is 0. The fraction of sp³-hybridized carbons (Fsp3) is 0.583. The minimum atomic E-state index is 0.273. The van der Waals surface area contributed by atoms with Gasteiger partial charge in [-0.15, -0.1) is 0 Å². The molecule has 0 spiro atoms. The Hall–Kier alpha value is -1.09. The topological polar surface area (TPSA) is 32.3 Å². The van der Waals surface area contributed by atoms with Gasteiger partial charge in [-0.1, -0.05) is 18.2 Å². The second-order valence-electron chi connectivity index (χ2n) is 4.07. The van der Waals surface area contributed by atoms with E-state index in [9.17, 15) is 4.79 Å². The highest BCUT2D eigenvalue weighted by Gasteiger charge is 2.16. The molecule has 1 N–H and O–H groups in total. The standard InChI is InChI=1S/C12H18N2O/c15-12(14-8-6-13-7-9-14)10-11-4-2-1-3-5-11/h2,4-5,13H,1,3,6-10H2. The van der Waals surface area contributed by atoms with E-state index in [2.05, 4.69) is 23.5 Å². The molecule has 0 aromatic carbocycles. The fourth-order valence-electron chi connectivity index (χ4n) is 2.00. The van der Waals surface area contributed by atoms with E-state index in [1.807, 2.05) is 4.90 Å². The zero-order valence-corrected chi connectivity index (χ0v) is 9.04. The molecule has 0 unspecified atom stereocenters. The molecule has 1 heterocycles. The molecule has 2 aliphatic rings. The second-order valence-corrected chi connectivity index (χ2v) is 4.07. The molecule has 0 radical (unpaired) electrons. The van der Waals surface area contributed by atoms with Crippen molar-refractivity contribution in [1.29, 1.82) is 0 Å². The Kier molecular flexibility index (Phi) is 3.56. The predicted molar refractivity (Wildman–Crippen MR) is 60.5 cm³/mol. The summed E-state index contributed by atoms with van der Waals surface area (Å²) in [4.78, 5) is 13.8. The lowest BCUT2D eigenvalue weighted by molar-refractivity contribution is -0.130. The van der Waals surface area contributed by atoms with Crippen LogP contribution in [0.3, 0.4) is 0 Å². The van der Waals surface area contributed by atoms with E-state index in [0.29, 0.717) is 6.42 Å². The van der Waals surface area contributed by atoms with Crippen molar-refractivity contribution in [2.24, 2.45) is 0 Å². The quantitative estimate of drug-likeness (QED) is 0.733. The van der Waals surface area contributed by atoms with Crippen LogP contribution in [-0.4, -0.2) is 37.0 Å². The number of nitrogens with one attached hydrogen (secondary N) is 1. The van der Waals surface area contributed by atoms with E-state index >= 15 is 0 Å². The Morgan fingerprint density at radius 3 is 2.80 bits per heavy atom. The monoisotopic (exact) mass is 206 g/mol. The summed E-state index contributed by atoms with van der Waals surface area (Å²) in [6, 6.07) is 0. The van der Waals surface area contributed by atoms with Crippen LogP contribution in [0, 0.1) is 0 Å². The van der Waals surface area contributed by atoms with Crippen molar-refractivity contribution in [3.8, 4) is 0 Å². The molecule has 0 aromatic rings. The predicted octanol–water partition coefficient (Wildman–Crippen LogP) is 1.08. The molecule has 82 valence electrons. The van der Waals surface area contributed by atoms with Crippen molar-refractivity contribution in [2.75, 3.05) is 26.2 Å². The van der Waals surface area contributed by atoms with Gasteiger partial charge >= 0.3 is 0 Å². The average Bonchev–Trinajstić information content (AvgIpc) is 2.31. The molecule has 0 bridgehead atoms. The molecule has 3 nitrogen and oxygen atoms in total. The highest BCUT2D eigenvalue weighted by Crippen LogP contribution is 2.14. The smallest absolute Gasteiger partial charge is 0.227 e. The first kappa shape index (κ1) is 10.4. The number of rotatable bonds is 2. The molecule has 1 aliphatic carbocycles. The Bertz CT molecular complexity index is 288. The number of piperazine rings is 1. The summed E-state index contributed by atoms with van der Waals surface area (Å²) in [5, 5.41) is 3.25. The zero-order valence-electron chi connectivity index (χ0n) is 9.04. The highest BCUT2D eigenvalue weighted by molar-refractivity contribution is 5.79. The molecule has 1 amide bonds. The van der Waals surface area contributed by atoms with Crippen LogP contribution in [0.2, 0.25) is 0 Å². The van der Waals surface area contributed by atoms with Crippen molar-refractivity contribution in [2.45, 2.75) is 19.3 Å². The molecular formula is C12H18N2O. The van der Waals surface area contributed by atoms with Crippen molar-refractivity contribution in [1.82, 2.24) is 10.2 Å². The van der Waals surface area contributed by atoms with Gasteiger partial charge in [-0.3, -0.25) is 4.79 Å². The van der Waals surface area contributed by atoms with Crippen LogP contribution in [0.4, 0.5) is 0 Å². The zero-order chi connectivity index (χ0) is 10.5. The number of carbonyl (C=O) groups is 1. The van der Waals surface area contributed by atoms with Crippen LogP contribution in [0.15, 0.2) is 23.8 Å². The maximum absolute atomic E-state index is 11.9. The number of carbonyl (C=O) groups excluding carboxylic acids is 1. The third-order valence-corrected chi connectivity index (χ3v) is 2.90. The average molecular weight is 206 g/mol. The van der Waals surface area contributed by atoms with Gasteiger partial charge in [0.05, 0.1) is 6.42 Å². The van der Waals surface area contributed by atoms with Gasteiger partial charge in [0.15, 0.2) is 0 Å². The summed E-state index contributed by atoms with van der Waals surface area (Å²) >= 11 is 0. The second kappa shape index (κ2) is 5.12. The normalized spacial score (nSPS) is 21.3. The van der Waals surface area contributed by atoms with E-state index in [1.54, 1.807) is 0 Å². The Balaban J connectivity index is 1.85. The minimum Gasteiger partial charge on any atom is -0.340 e. The maximum Gasteiger partial charge on any atom is 0.227 e. The SMILES string of the molecule is O=C(CC1=CCCC=C1)N1CCNCC1. The maximum atomic E-state index is 11.9. The van der Waals surface area contributed by atoms with Gasteiger partial charge in [0, 0.05) is 26.2 Å². The van der Waals surface area contributed by atoms with Crippen molar-refractivity contribution in [3.05, 3.63) is 23.8 Å². The third-order valence-electron chi connectivity index (χ3n) is 2.90. The molecule has 1 fully saturated rings. The van der Waals surface area contributed by atoms with E-state index in [4.69, 9.17) is 0 Å². The van der Waals surface area contributed by atoms with Crippen molar-refractivity contribution < 1.29 is 4.79 Å². The molecule has 0 aromatic heterocycles. The lowest BCUT2D eigenvalue weighted by atomic mass is 10.0. The van der Waals surface area contributed by atoms with Gasteiger partial charge < -0.3 is 10.2 Å². The van der Waals surface area contributed by atoms with Crippen LogP contribution in [0.5, 0.6) is 0 Å². The molecule has 2 rings (SSSR count).